The van der Waals surface area contributed by atoms with Gasteiger partial charge in [0, 0.05) is 6.54 Å². The molecule has 0 spiro atoms. The summed E-state index contributed by atoms with van der Waals surface area (Å²) in [5.74, 6) is -1.29. The van der Waals surface area contributed by atoms with Gasteiger partial charge in [-0.25, -0.2) is 4.68 Å². The second kappa shape index (κ2) is 5.56. The lowest BCUT2D eigenvalue weighted by atomic mass is 9.96. The van der Waals surface area contributed by atoms with E-state index in [-0.39, 0.29) is 24.3 Å². The molecule has 2 rings (SSSR count). The third-order valence-corrected chi connectivity index (χ3v) is 3.23. The van der Waals surface area contributed by atoms with Gasteiger partial charge in [0.25, 0.3) is 0 Å². The summed E-state index contributed by atoms with van der Waals surface area (Å²) < 4.78 is 1.32. The van der Waals surface area contributed by atoms with Crippen LogP contribution in [0, 0.1) is 11.8 Å². The number of carbonyl (C=O) groups excluding carboxylic acids is 1. The lowest BCUT2D eigenvalue weighted by Crippen LogP contribution is -2.35. The lowest BCUT2D eigenvalue weighted by Gasteiger charge is -2.16. The summed E-state index contributed by atoms with van der Waals surface area (Å²) in [7, 11) is 0. The number of aromatic nitrogens is 4. The molecule has 8 heteroatoms. The van der Waals surface area contributed by atoms with Crippen molar-refractivity contribution in [2.75, 3.05) is 6.54 Å². The Kier molecular flexibility index (Phi) is 3.85. The number of hydrogen-bond acceptors (Lipinski definition) is 5. The minimum atomic E-state index is -0.771. The Labute approximate surface area is 103 Å². The van der Waals surface area contributed by atoms with Gasteiger partial charge in [-0.2, -0.15) is 0 Å². The van der Waals surface area contributed by atoms with E-state index >= 15 is 0 Å². The summed E-state index contributed by atoms with van der Waals surface area (Å²) in [4.78, 5) is 22.5. The fraction of sp³-hybridized carbons (Fsp3) is 0.700. The summed E-state index contributed by atoms with van der Waals surface area (Å²) in [5, 5.41) is 22.2. The molecule has 0 aliphatic heterocycles. The number of aliphatic carboxylic acids is 1. The standard InChI is InChI=1S/C10H15N5O3/c16-9(5-15-6-12-13-14-15)11-4-7-2-1-3-8(7)10(17)18/h6-8H,1-5H2,(H,11,16)(H,17,18). The van der Waals surface area contributed by atoms with Crippen LogP contribution in [0.4, 0.5) is 0 Å². The molecule has 18 heavy (non-hydrogen) atoms. The van der Waals surface area contributed by atoms with Crippen LogP contribution in [-0.4, -0.2) is 43.7 Å². The molecule has 1 aromatic rings. The highest BCUT2D eigenvalue weighted by Gasteiger charge is 2.32. The zero-order chi connectivity index (χ0) is 13.0. The van der Waals surface area contributed by atoms with Crippen LogP contribution in [0.1, 0.15) is 19.3 Å². The molecule has 1 heterocycles. The molecule has 2 atom stereocenters. The highest BCUT2D eigenvalue weighted by Crippen LogP contribution is 2.31. The molecular weight excluding hydrogens is 238 g/mol. The minimum absolute atomic E-state index is 0.0281. The Morgan fingerprint density at radius 1 is 1.44 bits per heavy atom. The van der Waals surface area contributed by atoms with Crippen LogP contribution in [0.5, 0.6) is 0 Å². The van der Waals surface area contributed by atoms with E-state index in [0.717, 1.165) is 12.8 Å². The maximum Gasteiger partial charge on any atom is 0.306 e. The molecule has 1 saturated carbocycles. The summed E-state index contributed by atoms with van der Waals surface area (Å²) in [6.45, 7) is 0.454. The Morgan fingerprint density at radius 3 is 2.94 bits per heavy atom. The van der Waals surface area contributed by atoms with Crippen molar-refractivity contribution in [1.29, 1.82) is 0 Å². The zero-order valence-corrected chi connectivity index (χ0v) is 9.82. The molecule has 1 fully saturated rings. The van der Waals surface area contributed by atoms with Crippen LogP contribution in [0.25, 0.3) is 0 Å². The molecule has 1 aliphatic rings. The predicted molar refractivity (Wildman–Crippen MR) is 59.3 cm³/mol. The SMILES string of the molecule is O=C(Cn1cnnn1)NCC1CCCC1C(=O)O. The molecule has 8 nitrogen and oxygen atoms in total. The van der Waals surface area contributed by atoms with E-state index in [9.17, 15) is 9.59 Å². The molecule has 2 N–H and O–H groups in total. The summed E-state index contributed by atoms with van der Waals surface area (Å²) >= 11 is 0. The predicted octanol–water partition coefficient (Wildman–Crippen LogP) is -0.710. The van der Waals surface area contributed by atoms with Crippen molar-refractivity contribution < 1.29 is 14.7 Å². The first kappa shape index (κ1) is 12.5. The number of hydrogen-bond donors (Lipinski definition) is 2. The smallest absolute Gasteiger partial charge is 0.306 e. The van der Waals surface area contributed by atoms with Crippen molar-refractivity contribution in [3.8, 4) is 0 Å². The van der Waals surface area contributed by atoms with Gasteiger partial charge >= 0.3 is 5.97 Å². The monoisotopic (exact) mass is 253 g/mol. The van der Waals surface area contributed by atoms with E-state index in [2.05, 4.69) is 20.8 Å². The van der Waals surface area contributed by atoms with Crippen LogP contribution in [0.3, 0.4) is 0 Å². The number of carboxylic acid groups (broad SMARTS) is 1. The van der Waals surface area contributed by atoms with E-state index in [4.69, 9.17) is 5.11 Å². The fourth-order valence-corrected chi connectivity index (χ4v) is 2.31. The molecular formula is C10H15N5O3. The molecule has 98 valence electrons. The fourth-order valence-electron chi connectivity index (χ4n) is 2.31. The molecule has 0 aromatic carbocycles. The summed E-state index contributed by atoms with van der Waals surface area (Å²) in [6, 6.07) is 0. The molecule has 1 amide bonds. The number of tetrazole rings is 1. The second-order valence-corrected chi connectivity index (χ2v) is 4.45. The zero-order valence-electron chi connectivity index (χ0n) is 9.82. The Bertz CT molecular complexity index is 419. The van der Waals surface area contributed by atoms with E-state index < -0.39 is 5.97 Å². The van der Waals surface area contributed by atoms with Gasteiger partial charge in [-0.1, -0.05) is 6.42 Å². The van der Waals surface area contributed by atoms with E-state index in [0.29, 0.717) is 13.0 Å². The van der Waals surface area contributed by atoms with Crippen molar-refractivity contribution in [3.63, 3.8) is 0 Å². The van der Waals surface area contributed by atoms with Crippen LogP contribution < -0.4 is 5.32 Å². The number of carbonyl (C=O) groups is 2. The van der Waals surface area contributed by atoms with Crippen LogP contribution in [0.15, 0.2) is 6.33 Å². The third kappa shape index (κ3) is 3.02. The molecule has 0 bridgehead atoms. The first-order valence-corrected chi connectivity index (χ1v) is 5.87. The van der Waals surface area contributed by atoms with Gasteiger partial charge in [0.05, 0.1) is 5.92 Å². The second-order valence-electron chi connectivity index (χ2n) is 4.45. The number of nitrogens with zero attached hydrogens (tertiary/aromatic N) is 4. The summed E-state index contributed by atoms with van der Waals surface area (Å²) in [5.41, 5.74) is 0. The largest absolute Gasteiger partial charge is 0.481 e. The quantitative estimate of drug-likeness (QED) is 0.717. The Morgan fingerprint density at radius 2 is 2.28 bits per heavy atom. The van der Waals surface area contributed by atoms with Crippen molar-refractivity contribution in [2.24, 2.45) is 11.8 Å². The maximum absolute atomic E-state index is 11.6. The highest BCUT2D eigenvalue weighted by molar-refractivity contribution is 5.75. The molecule has 2 unspecified atom stereocenters. The van der Waals surface area contributed by atoms with Gasteiger partial charge < -0.3 is 10.4 Å². The first-order valence-electron chi connectivity index (χ1n) is 5.87. The Balaban J connectivity index is 1.77. The molecule has 0 radical (unpaired) electrons. The average Bonchev–Trinajstić information content (AvgIpc) is 2.96. The van der Waals surface area contributed by atoms with Gasteiger partial charge in [-0.05, 0) is 29.2 Å². The normalized spacial score (nSPS) is 22.9. The number of rotatable bonds is 5. The topological polar surface area (TPSA) is 110 Å². The summed E-state index contributed by atoms with van der Waals surface area (Å²) in [6.07, 6.45) is 3.81. The van der Waals surface area contributed by atoms with E-state index in [1.165, 1.54) is 11.0 Å². The minimum Gasteiger partial charge on any atom is -0.481 e. The van der Waals surface area contributed by atoms with Crippen molar-refractivity contribution in [1.82, 2.24) is 25.5 Å². The average molecular weight is 253 g/mol. The number of amides is 1. The van der Waals surface area contributed by atoms with Crippen molar-refractivity contribution in [3.05, 3.63) is 6.33 Å². The van der Waals surface area contributed by atoms with Crippen molar-refractivity contribution in [2.45, 2.75) is 25.8 Å². The van der Waals surface area contributed by atoms with Crippen LogP contribution in [-0.2, 0) is 16.1 Å². The Hall–Kier alpha value is -1.99. The van der Waals surface area contributed by atoms with Crippen molar-refractivity contribution >= 4 is 11.9 Å². The third-order valence-electron chi connectivity index (χ3n) is 3.23. The van der Waals surface area contributed by atoms with Gasteiger partial charge in [0.2, 0.25) is 5.91 Å². The maximum atomic E-state index is 11.6. The van der Waals surface area contributed by atoms with E-state index in [1.54, 1.807) is 0 Å². The van der Waals surface area contributed by atoms with Crippen LogP contribution in [0.2, 0.25) is 0 Å². The molecule has 0 saturated heterocycles. The number of carboxylic acids is 1. The van der Waals surface area contributed by atoms with Gasteiger partial charge in [0.15, 0.2) is 0 Å². The molecule has 1 aromatic heterocycles. The van der Waals surface area contributed by atoms with Gasteiger partial charge in [-0.3, -0.25) is 9.59 Å². The van der Waals surface area contributed by atoms with Gasteiger partial charge in [-0.15, -0.1) is 5.10 Å². The highest BCUT2D eigenvalue weighted by atomic mass is 16.4. The lowest BCUT2D eigenvalue weighted by molar-refractivity contribution is -0.143. The van der Waals surface area contributed by atoms with Gasteiger partial charge in [0.1, 0.15) is 12.9 Å². The van der Waals surface area contributed by atoms with E-state index in [1.807, 2.05) is 0 Å². The number of nitrogens with one attached hydrogen (secondary N) is 1. The first-order chi connectivity index (χ1) is 8.66. The molecule has 1 aliphatic carbocycles. The van der Waals surface area contributed by atoms with Crippen LogP contribution >= 0.6 is 0 Å².